The van der Waals surface area contributed by atoms with E-state index in [-0.39, 0.29) is 5.91 Å². The summed E-state index contributed by atoms with van der Waals surface area (Å²) in [6.07, 6.45) is 0. The van der Waals surface area contributed by atoms with Crippen molar-refractivity contribution in [1.29, 1.82) is 0 Å². The van der Waals surface area contributed by atoms with Crippen LogP contribution in [0.1, 0.15) is 18.1 Å². The molecule has 2 amide bonds. The molecular formula is C22H25N3O3. The number of piperazine rings is 1. The number of carbonyl (C=O) groups excluding carboxylic acids is 2. The fraction of sp³-hybridized carbons (Fsp3) is 0.364. The monoisotopic (exact) mass is 379 g/mol. The van der Waals surface area contributed by atoms with Crippen LogP contribution in [-0.4, -0.2) is 53.4 Å². The fourth-order valence-electron chi connectivity index (χ4n) is 3.73. The molecule has 1 atom stereocenters. The lowest BCUT2D eigenvalue weighted by molar-refractivity contribution is -0.155. The van der Waals surface area contributed by atoms with Gasteiger partial charge in [0.1, 0.15) is 5.75 Å². The molecule has 1 saturated heterocycles. The van der Waals surface area contributed by atoms with Crippen LogP contribution in [0.2, 0.25) is 0 Å². The maximum atomic E-state index is 13.1. The average molecular weight is 379 g/mol. The van der Waals surface area contributed by atoms with E-state index in [1.54, 1.807) is 17.9 Å². The third kappa shape index (κ3) is 3.47. The predicted molar refractivity (Wildman–Crippen MR) is 107 cm³/mol. The first-order valence-corrected chi connectivity index (χ1v) is 9.62. The van der Waals surface area contributed by atoms with Crippen molar-refractivity contribution in [2.75, 3.05) is 31.5 Å². The molecule has 0 saturated carbocycles. The summed E-state index contributed by atoms with van der Waals surface area (Å²) in [5, 5.41) is 2.83. The van der Waals surface area contributed by atoms with E-state index in [0.29, 0.717) is 24.5 Å². The number of fused-ring (bicyclic) bond motifs is 1. The minimum absolute atomic E-state index is 0.282. The van der Waals surface area contributed by atoms with Gasteiger partial charge in [-0.2, -0.15) is 0 Å². The van der Waals surface area contributed by atoms with Gasteiger partial charge >= 0.3 is 0 Å². The summed E-state index contributed by atoms with van der Waals surface area (Å²) in [6, 6.07) is 15.9. The first-order valence-electron chi connectivity index (χ1n) is 9.62. The fourth-order valence-corrected chi connectivity index (χ4v) is 3.73. The second-order valence-electron chi connectivity index (χ2n) is 7.64. The van der Waals surface area contributed by atoms with Gasteiger partial charge in [0.05, 0.1) is 5.69 Å². The van der Waals surface area contributed by atoms with Gasteiger partial charge in [0.25, 0.3) is 17.4 Å². The Bertz CT molecular complexity index is 891. The minimum atomic E-state index is -1.54. The van der Waals surface area contributed by atoms with E-state index in [1.807, 2.05) is 37.3 Å². The molecule has 2 aliphatic rings. The zero-order chi connectivity index (χ0) is 19.7. The van der Waals surface area contributed by atoms with E-state index >= 15 is 0 Å². The van der Waals surface area contributed by atoms with Crippen molar-refractivity contribution in [3.63, 3.8) is 0 Å². The molecule has 2 aliphatic heterocycles. The van der Waals surface area contributed by atoms with Crippen LogP contribution in [0.5, 0.6) is 5.75 Å². The molecule has 0 aliphatic carbocycles. The first-order chi connectivity index (χ1) is 13.5. The Balaban J connectivity index is 1.42. The van der Waals surface area contributed by atoms with Crippen molar-refractivity contribution in [1.82, 2.24) is 9.80 Å². The smallest absolute Gasteiger partial charge is 0.278 e. The van der Waals surface area contributed by atoms with Crippen LogP contribution in [0.15, 0.2) is 48.5 Å². The van der Waals surface area contributed by atoms with Crippen LogP contribution in [0.3, 0.4) is 0 Å². The Hall–Kier alpha value is -2.86. The number of aryl methyl sites for hydroxylation is 1. The molecule has 2 aromatic carbocycles. The standard InChI is InChI=1S/C22H25N3O3/c1-16-8-9-19-18(14-16)23-20(26)22(2,28-19)21(27)25-12-10-24(11-13-25)15-17-6-4-3-5-7-17/h3-9,14H,10-13,15H2,1-2H3,(H,23,26). The number of amides is 2. The van der Waals surface area contributed by atoms with Gasteiger partial charge in [0.2, 0.25) is 0 Å². The molecule has 0 spiro atoms. The van der Waals surface area contributed by atoms with E-state index < -0.39 is 11.5 Å². The summed E-state index contributed by atoms with van der Waals surface area (Å²) in [6.45, 7) is 7.08. The van der Waals surface area contributed by atoms with Crippen molar-refractivity contribution in [2.45, 2.75) is 26.0 Å². The lowest BCUT2D eigenvalue weighted by atomic mass is 9.99. The van der Waals surface area contributed by atoms with Gasteiger partial charge in [-0.15, -0.1) is 0 Å². The summed E-state index contributed by atoms with van der Waals surface area (Å²) in [7, 11) is 0. The van der Waals surface area contributed by atoms with Gasteiger partial charge in [-0.1, -0.05) is 36.4 Å². The lowest BCUT2D eigenvalue weighted by Gasteiger charge is -2.40. The van der Waals surface area contributed by atoms with Crippen LogP contribution in [0, 0.1) is 6.92 Å². The Morgan fingerprint density at radius 2 is 1.82 bits per heavy atom. The highest BCUT2D eigenvalue weighted by molar-refractivity contribution is 6.15. The third-order valence-electron chi connectivity index (χ3n) is 5.45. The van der Waals surface area contributed by atoms with E-state index in [0.717, 1.165) is 25.2 Å². The molecule has 4 rings (SSSR count). The zero-order valence-electron chi connectivity index (χ0n) is 16.3. The summed E-state index contributed by atoms with van der Waals surface area (Å²) in [5.74, 6) is -0.165. The second kappa shape index (κ2) is 7.28. The van der Waals surface area contributed by atoms with Gasteiger partial charge in [-0.05, 0) is 37.1 Å². The maximum Gasteiger partial charge on any atom is 0.278 e. The predicted octanol–water partition coefficient (Wildman–Crippen LogP) is 2.43. The van der Waals surface area contributed by atoms with Crippen LogP contribution in [-0.2, 0) is 16.1 Å². The molecular weight excluding hydrogens is 354 g/mol. The topological polar surface area (TPSA) is 61.9 Å². The molecule has 1 N–H and O–H groups in total. The highest BCUT2D eigenvalue weighted by Gasteiger charge is 2.49. The zero-order valence-corrected chi connectivity index (χ0v) is 16.3. The number of nitrogens with zero attached hydrogens (tertiary/aromatic N) is 2. The molecule has 0 radical (unpaired) electrons. The van der Waals surface area contributed by atoms with Gasteiger partial charge in [-0.3, -0.25) is 14.5 Å². The molecule has 6 heteroatoms. The molecule has 28 heavy (non-hydrogen) atoms. The number of carbonyl (C=O) groups is 2. The van der Waals surface area contributed by atoms with E-state index in [4.69, 9.17) is 4.74 Å². The van der Waals surface area contributed by atoms with E-state index in [1.165, 1.54) is 5.56 Å². The number of anilines is 1. The maximum absolute atomic E-state index is 13.1. The van der Waals surface area contributed by atoms with Crippen LogP contribution < -0.4 is 10.1 Å². The normalized spacial score (nSPS) is 22.2. The number of rotatable bonds is 3. The minimum Gasteiger partial charge on any atom is -0.466 e. The average Bonchev–Trinajstić information content (AvgIpc) is 2.70. The third-order valence-corrected chi connectivity index (χ3v) is 5.45. The summed E-state index contributed by atoms with van der Waals surface area (Å²) < 4.78 is 5.91. The molecule has 1 fully saturated rings. The van der Waals surface area contributed by atoms with Gasteiger partial charge in [0, 0.05) is 32.7 Å². The summed E-state index contributed by atoms with van der Waals surface area (Å²) >= 11 is 0. The molecule has 2 aromatic rings. The highest BCUT2D eigenvalue weighted by atomic mass is 16.5. The van der Waals surface area contributed by atoms with Crippen LogP contribution >= 0.6 is 0 Å². The highest BCUT2D eigenvalue weighted by Crippen LogP contribution is 2.35. The Labute approximate surface area is 165 Å². The number of ether oxygens (including phenoxy) is 1. The molecule has 146 valence electrons. The molecule has 1 unspecified atom stereocenters. The number of hydrogen-bond acceptors (Lipinski definition) is 4. The van der Waals surface area contributed by atoms with Crippen molar-refractivity contribution >= 4 is 17.5 Å². The lowest BCUT2D eigenvalue weighted by Crippen LogP contribution is -2.62. The van der Waals surface area contributed by atoms with Crippen molar-refractivity contribution in [3.05, 3.63) is 59.7 Å². The second-order valence-corrected chi connectivity index (χ2v) is 7.64. The van der Waals surface area contributed by atoms with Gasteiger partial charge in [0.15, 0.2) is 0 Å². The Morgan fingerprint density at radius 1 is 1.11 bits per heavy atom. The largest absolute Gasteiger partial charge is 0.466 e. The quantitative estimate of drug-likeness (QED) is 0.832. The SMILES string of the molecule is Cc1ccc2c(c1)NC(=O)C(C)(C(=O)N1CCN(Cc3ccccc3)CC1)O2. The van der Waals surface area contributed by atoms with Gasteiger partial charge < -0.3 is 15.0 Å². The molecule has 6 nitrogen and oxygen atoms in total. The van der Waals surface area contributed by atoms with Crippen LogP contribution in [0.25, 0.3) is 0 Å². The van der Waals surface area contributed by atoms with Crippen molar-refractivity contribution in [2.24, 2.45) is 0 Å². The number of hydrogen-bond donors (Lipinski definition) is 1. The van der Waals surface area contributed by atoms with E-state index in [9.17, 15) is 9.59 Å². The molecule has 0 bridgehead atoms. The summed E-state index contributed by atoms with van der Waals surface area (Å²) in [5.41, 5.74) is 1.36. The molecule has 2 heterocycles. The van der Waals surface area contributed by atoms with Crippen LogP contribution in [0.4, 0.5) is 5.69 Å². The first kappa shape index (κ1) is 18.5. The van der Waals surface area contributed by atoms with Gasteiger partial charge in [-0.25, -0.2) is 0 Å². The number of benzene rings is 2. The Morgan fingerprint density at radius 3 is 2.54 bits per heavy atom. The number of nitrogens with one attached hydrogen (secondary N) is 1. The Kier molecular flexibility index (Phi) is 4.81. The van der Waals surface area contributed by atoms with E-state index in [2.05, 4.69) is 22.3 Å². The van der Waals surface area contributed by atoms with Crippen molar-refractivity contribution in [3.8, 4) is 5.75 Å². The molecule has 0 aromatic heterocycles. The summed E-state index contributed by atoms with van der Waals surface area (Å²) in [4.78, 5) is 29.9. The van der Waals surface area contributed by atoms with Crippen molar-refractivity contribution < 1.29 is 14.3 Å².